The van der Waals surface area contributed by atoms with Gasteiger partial charge in [0.2, 0.25) is 0 Å². The summed E-state index contributed by atoms with van der Waals surface area (Å²) in [6.45, 7) is 5.03. The largest absolute Gasteiger partial charge is 0.372 e. The number of hydrogen-bond acceptors (Lipinski definition) is 2. The van der Waals surface area contributed by atoms with Crippen LogP contribution in [0.2, 0.25) is 0 Å². The van der Waals surface area contributed by atoms with Gasteiger partial charge in [-0.1, -0.05) is 60.7 Å². The molecule has 1 aromatic carbocycles. The van der Waals surface area contributed by atoms with Crippen molar-refractivity contribution in [2.75, 3.05) is 6.61 Å². The minimum absolute atomic E-state index is 0.000671. The van der Waals surface area contributed by atoms with Gasteiger partial charge in [-0.2, -0.15) is 0 Å². The lowest BCUT2D eigenvalue weighted by Gasteiger charge is -2.22. The number of hydrogen-bond donors (Lipinski definition) is 1. The van der Waals surface area contributed by atoms with E-state index < -0.39 is 0 Å². The molecule has 0 bridgehead atoms. The second-order valence-corrected chi connectivity index (χ2v) is 6.03. The van der Waals surface area contributed by atoms with Crippen LogP contribution >= 0.6 is 15.9 Å². The summed E-state index contributed by atoms with van der Waals surface area (Å²) in [5, 5.41) is 0. The van der Waals surface area contributed by atoms with E-state index in [1.165, 1.54) is 25.7 Å². The Bertz CT molecular complexity index is 337. The third-order valence-electron chi connectivity index (χ3n) is 3.22. The molecule has 0 saturated heterocycles. The third kappa shape index (κ3) is 6.55. The Morgan fingerprint density at radius 1 is 1.11 bits per heavy atom. The number of benzene rings is 1. The van der Waals surface area contributed by atoms with Crippen molar-refractivity contribution in [1.82, 2.24) is 0 Å². The Balaban J connectivity index is 2.39. The number of ether oxygens (including phenoxy) is 1. The third-order valence-corrected chi connectivity index (χ3v) is 3.75. The van der Waals surface area contributed by atoms with E-state index in [4.69, 9.17) is 10.5 Å². The lowest BCUT2D eigenvalue weighted by atomic mass is 10.0. The van der Waals surface area contributed by atoms with Crippen LogP contribution in [0.4, 0.5) is 0 Å². The van der Waals surface area contributed by atoms with E-state index in [0.29, 0.717) is 0 Å². The molecule has 2 atom stereocenters. The van der Waals surface area contributed by atoms with Gasteiger partial charge in [0.1, 0.15) is 0 Å². The molecule has 0 spiro atoms. The predicted octanol–water partition coefficient (Wildman–Crippen LogP) is 4.82. The predicted molar refractivity (Wildman–Crippen MR) is 85.2 cm³/mol. The van der Waals surface area contributed by atoms with Crippen LogP contribution < -0.4 is 5.73 Å². The quantitative estimate of drug-likeness (QED) is 0.659. The molecule has 0 aliphatic heterocycles. The van der Waals surface area contributed by atoms with Crippen LogP contribution in [0.15, 0.2) is 28.7 Å². The highest BCUT2D eigenvalue weighted by Gasteiger charge is 2.16. The lowest BCUT2D eigenvalue weighted by Crippen LogP contribution is -2.27. The second-order valence-electron chi connectivity index (χ2n) is 5.12. The van der Waals surface area contributed by atoms with Crippen LogP contribution in [0.3, 0.4) is 0 Å². The van der Waals surface area contributed by atoms with Crippen LogP contribution in [0.1, 0.15) is 57.6 Å². The molecule has 0 aliphatic carbocycles. The molecule has 0 aromatic heterocycles. The van der Waals surface area contributed by atoms with Gasteiger partial charge in [-0.25, -0.2) is 0 Å². The van der Waals surface area contributed by atoms with Crippen molar-refractivity contribution in [1.29, 1.82) is 0 Å². The zero-order valence-electron chi connectivity index (χ0n) is 12.1. The molecule has 0 radical (unpaired) electrons. The number of nitrogens with two attached hydrogens (primary N) is 1. The summed E-state index contributed by atoms with van der Waals surface area (Å²) in [5.41, 5.74) is 7.19. The molecule has 2 unspecified atom stereocenters. The maximum absolute atomic E-state index is 6.03. The molecule has 0 aliphatic rings. The van der Waals surface area contributed by atoms with E-state index in [9.17, 15) is 0 Å². The first-order valence-corrected chi connectivity index (χ1v) is 8.07. The van der Waals surface area contributed by atoms with Crippen LogP contribution in [0.25, 0.3) is 0 Å². The van der Waals surface area contributed by atoms with Crippen molar-refractivity contribution in [3.8, 4) is 0 Å². The Morgan fingerprint density at radius 3 is 2.32 bits per heavy atom. The lowest BCUT2D eigenvalue weighted by molar-refractivity contribution is 0.0358. The van der Waals surface area contributed by atoms with Gasteiger partial charge in [0.15, 0.2) is 0 Å². The van der Waals surface area contributed by atoms with Gasteiger partial charge < -0.3 is 10.5 Å². The van der Waals surface area contributed by atoms with Gasteiger partial charge in [-0.15, -0.1) is 0 Å². The highest BCUT2D eigenvalue weighted by atomic mass is 79.9. The molecular weight excluding hydrogens is 302 g/mol. The molecule has 19 heavy (non-hydrogen) atoms. The maximum Gasteiger partial charge on any atom is 0.0972 e. The van der Waals surface area contributed by atoms with Crippen molar-refractivity contribution in [3.05, 3.63) is 34.3 Å². The van der Waals surface area contributed by atoms with Gasteiger partial charge in [0, 0.05) is 17.1 Å². The first-order chi connectivity index (χ1) is 9.15. The highest BCUT2D eigenvalue weighted by Crippen LogP contribution is 2.22. The van der Waals surface area contributed by atoms with E-state index in [1.54, 1.807) is 0 Å². The van der Waals surface area contributed by atoms with Crippen molar-refractivity contribution in [3.63, 3.8) is 0 Å². The SMILES string of the molecule is CCCCCCCOC(c1ccc(Br)cc1)C(C)N. The van der Waals surface area contributed by atoms with Crippen molar-refractivity contribution in [2.45, 2.75) is 58.1 Å². The monoisotopic (exact) mass is 327 g/mol. The van der Waals surface area contributed by atoms with Crippen molar-refractivity contribution < 1.29 is 4.74 Å². The van der Waals surface area contributed by atoms with Gasteiger partial charge in [0.05, 0.1) is 6.10 Å². The molecule has 2 nitrogen and oxygen atoms in total. The zero-order chi connectivity index (χ0) is 14.1. The van der Waals surface area contributed by atoms with Crippen molar-refractivity contribution in [2.24, 2.45) is 5.73 Å². The Hall–Kier alpha value is -0.380. The molecule has 0 heterocycles. The molecule has 3 heteroatoms. The summed E-state index contributed by atoms with van der Waals surface area (Å²) in [6.07, 6.45) is 6.28. The summed E-state index contributed by atoms with van der Waals surface area (Å²) < 4.78 is 7.05. The molecule has 0 fully saturated rings. The molecule has 108 valence electrons. The van der Waals surface area contributed by atoms with Gasteiger partial charge >= 0.3 is 0 Å². The minimum Gasteiger partial charge on any atom is -0.372 e. The molecule has 2 N–H and O–H groups in total. The Kier molecular flexibility index (Phi) is 8.35. The first-order valence-electron chi connectivity index (χ1n) is 7.27. The fourth-order valence-electron chi connectivity index (χ4n) is 2.12. The van der Waals surface area contributed by atoms with E-state index in [2.05, 4.69) is 35.0 Å². The molecule has 0 saturated carbocycles. The van der Waals surface area contributed by atoms with Crippen LogP contribution in [-0.4, -0.2) is 12.6 Å². The average molecular weight is 328 g/mol. The first kappa shape index (κ1) is 16.7. The summed E-state index contributed by atoms with van der Waals surface area (Å²) in [7, 11) is 0. The summed E-state index contributed by atoms with van der Waals surface area (Å²) in [6, 6.07) is 8.24. The standard InChI is InChI=1S/C16H26BrNO/c1-3-4-5-6-7-12-19-16(13(2)18)14-8-10-15(17)11-9-14/h8-11,13,16H,3-7,12,18H2,1-2H3. The Morgan fingerprint density at radius 2 is 1.74 bits per heavy atom. The molecule has 1 rings (SSSR count). The normalized spacial score (nSPS) is 14.3. The topological polar surface area (TPSA) is 35.2 Å². The Labute approximate surface area is 125 Å². The molecule has 1 aromatic rings. The van der Waals surface area contributed by atoms with Gasteiger partial charge in [-0.3, -0.25) is 0 Å². The van der Waals surface area contributed by atoms with E-state index in [-0.39, 0.29) is 12.1 Å². The maximum atomic E-state index is 6.03. The van der Waals surface area contributed by atoms with Crippen LogP contribution in [0.5, 0.6) is 0 Å². The van der Waals surface area contributed by atoms with E-state index >= 15 is 0 Å². The summed E-state index contributed by atoms with van der Waals surface area (Å²) in [5.74, 6) is 0. The van der Waals surface area contributed by atoms with Crippen molar-refractivity contribution >= 4 is 15.9 Å². The molecular formula is C16H26BrNO. The fourth-order valence-corrected chi connectivity index (χ4v) is 2.38. The van der Waals surface area contributed by atoms with Crippen LogP contribution in [0, 0.1) is 0 Å². The zero-order valence-corrected chi connectivity index (χ0v) is 13.7. The average Bonchev–Trinajstić information content (AvgIpc) is 2.39. The van der Waals surface area contributed by atoms with E-state index in [0.717, 1.165) is 23.1 Å². The minimum atomic E-state index is -0.000671. The molecule has 0 amide bonds. The summed E-state index contributed by atoms with van der Waals surface area (Å²) in [4.78, 5) is 0. The van der Waals surface area contributed by atoms with Gasteiger partial charge in [0.25, 0.3) is 0 Å². The smallest absolute Gasteiger partial charge is 0.0972 e. The number of unbranched alkanes of at least 4 members (excludes halogenated alkanes) is 4. The highest BCUT2D eigenvalue weighted by molar-refractivity contribution is 9.10. The van der Waals surface area contributed by atoms with Crippen LogP contribution in [-0.2, 0) is 4.74 Å². The second kappa shape index (κ2) is 9.51. The fraction of sp³-hybridized carbons (Fsp3) is 0.625. The summed E-state index contributed by atoms with van der Waals surface area (Å²) >= 11 is 3.45. The van der Waals surface area contributed by atoms with Gasteiger partial charge in [-0.05, 0) is 31.0 Å². The number of rotatable bonds is 9. The number of halogens is 1. The van der Waals surface area contributed by atoms with E-state index in [1.807, 2.05) is 19.1 Å².